The molecule has 2 rings (SSSR count). The lowest BCUT2D eigenvalue weighted by atomic mass is 9.82. The predicted molar refractivity (Wildman–Crippen MR) is 50.1 cm³/mol. The van der Waals surface area contributed by atoms with Crippen LogP contribution in [0.5, 0.6) is 0 Å². The first-order valence-electron chi connectivity index (χ1n) is 4.68. The van der Waals surface area contributed by atoms with Gasteiger partial charge < -0.3 is 4.74 Å². The molecule has 0 saturated heterocycles. The van der Waals surface area contributed by atoms with Gasteiger partial charge in [-0.1, -0.05) is 17.7 Å². The Bertz CT molecular complexity index is 299. The summed E-state index contributed by atoms with van der Waals surface area (Å²) in [6, 6.07) is 0. The maximum atomic E-state index is 11.5. The average Bonchev–Trinajstić information content (AvgIpc) is 2.48. The summed E-state index contributed by atoms with van der Waals surface area (Å²) in [5, 5.41) is 0. The zero-order valence-corrected chi connectivity index (χ0v) is 8.04. The summed E-state index contributed by atoms with van der Waals surface area (Å²) in [5.41, 5.74) is 2.10. The molecule has 0 radical (unpaired) electrons. The fraction of sp³-hybridized carbons (Fsp3) is 0.545. The molecule has 0 aromatic rings. The van der Waals surface area contributed by atoms with Crippen LogP contribution in [0.4, 0.5) is 0 Å². The minimum absolute atomic E-state index is 0.146. The topological polar surface area (TPSA) is 26.3 Å². The van der Waals surface area contributed by atoms with Crippen molar-refractivity contribution in [1.29, 1.82) is 0 Å². The van der Waals surface area contributed by atoms with Gasteiger partial charge in [0.05, 0.1) is 7.11 Å². The van der Waals surface area contributed by atoms with Crippen LogP contribution in [0.25, 0.3) is 0 Å². The van der Waals surface area contributed by atoms with E-state index in [-0.39, 0.29) is 5.97 Å². The van der Waals surface area contributed by atoms with E-state index in [1.807, 2.05) is 6.92 Å². The van der Waals surface area contributed by atoms with Crippen LogP contribution in [0.1, 0.15) is 19.8 Å². The SMILES string of the molecule is COC(=O)C1=C(C)CC2C=CC1C2. The number of carbonyl (C=O) groups is 1. The van der Waals surface area contributed by atoms with Crippen molar-refractivity contribution in [1.82, 2.24) is 0 Å². The standard InChI is InChI=1S/C11H14O2/c1-7-5-8-3-4-9(6-8)10(7)11(12)13-2/h3-4,8-9H,5-6H2,1-2H3. The third-order valence-corrected chi connectivity index (χ3v) is 2.98. The molecule has 0 heterocycles. The smallest absolute Gasteiger partial charge is 0.334 e. The van der Waals surface area contributed by atoms with Crippen LogP contribution in [-0.2, 0) is 9.53 Å². The lowest BCUT2D eigenvalue weighted by Crippen LogP contribution is -2.19. The Morgan fingerprint density at radius 3 is 3.00 bits per heavy atom. The van der Waals surface area contributed by atoms with Crippen LogP contribution in [0.2, 0.25) is 0 Å². The monoisotopic (exact) mass is 178 g/mol. The third-order valence-electron chi connectivity index (χ3n) is 2.98. The number of fused-ring (bicyclic) bond motifs is 2. The van der Waals surface area contributed by atoms with E-state index in [0.29, 0.717) is 11.8 Å². The lowest BCUT2D eigenvalue weighted by Gasteiger charge is -2.22. The van der Waals surface area contributed by atoms with Crippen LogP contribution in [0, 0.1) is 11.8 Å². The molecule has 0 amide bonds. The molecule has 0 spiro atoms. The molecule has 2 heteroatoms. The van der Waals surface area contributed by atoms with Gasteiger partial charge in [0.1, 0.15) is 0 Å². The molecule has 0 aromatic carbocycles. The van der Waals surface area contributed by atoms with Crippen molar-refractivity contribution in [3.8, 4) is 0 Å². The Balaban J connectivity index is 2.32. The minimum Gasteiger partial charge on any atom is -0.466 e. The van der Waals surface area contributed by atoms with Crippen LogP contribution >= 0.6 is 0 Å². The second-order valence-electron chi connectivity index (χ2n) is 3.88. The molecule has 2 bridgehead atoms. The second kappa shape index (κ2) is 3.02. The maximum absolute atomic E-state index is 11.5. The van der Waals surface area contributed by atoms with Gasteiger partial charge in [-0.3, -0.25) is 0 Å². The summed E-state index contributed by atoms with van der Waals surface area (Å²) in [4.78, 5) is 11.5. The highest BCUT2D eigenvalue weighted by Gasteiger charge is 2.32. The van der Waals surface area contributed by atoms with Gasteiger partial charge in [-0.2, -0.15) is 0 Å². The second-order valence-corrected chi connectivity index (χ2v) is 3.88. The average molecular weight is 178 g/mol. The fourth-order valence-electron chi connectivity index (χ4n) is 2.40. The summed E-state index contributed by atoms with van der Waals surface area (Å²) < 4.78 is 4.78. The van der Waals surface area contributed by atoms with Crippen LogP contribution in [0.15, 0.2) is 23.3 Å². The minimum atomic E-state index is -0.146. The Morgan fingerprint density at radius 2 is 2.31 bits per heavy atom. The number of hydrogen-bond acceptors (Lipinski definition) is 2. The van der Waals surface area contributed by atoms with Crippen molar-refractivity contribution in [2.75, 3.05) is 7.11 Å². The number of allylic oxidation sites excluding steroid dienone is 3. The Morgan fingerprint density at radius 1 is 1.54 bits per heavy atom. The summed E-state index contributed by atoms with van der Waals surface area (Å²) in [5.74, 6) is 0.845. The molecule has 0 aromatic heterocycles. The van der Waals surface area contributed by atoms with Crippen molar-refractivity contribution in [3.05, 3.63) is 23.3 Å². The van der Waals surface area contributed by atoms with Crippen molar-refractivity contribution in [2.45, 2.75) is 19.8 Å². The lowest BCUT2D eigenvalue weighted by molar-refractivity contribution is -0.136. The highest BCUT2D eigenvalue weighted by atomic mass is 16.5. The number of esters is 1. The van der Waals surface area contributed by atoms with E-state index in [1.165, 1.54) is 12.7 Å². The van der Waals surface area contributed by atoms with Crippen molar-refractivity contribution < 1.29 is 9.53 Å². The molecule has 0 saturated carbocycles. The summed E-state index contributed by atoms with van der Waals surface area (Å²) in [6.07, 6.45) is 6.50. The van der Waals surface area contributed by atoms with Crippen molar-refractivity contribution >= 4 is 5.97 Å². The Labute approximate surface area is 78.3 Å². The maximum Gasteiger partial charge on any atom is 0.334 e. The van der Waals surface area contributed by atoms with E-state index >= 15 is 0 Å². The van der Waals surface area contributed by atoms with Crippen LogP contribution in [-0.4, -0.2) is 13.1 Å². The number of ether oxygens (including phenoxy) is 1. The highest BCUT2D eigenvalue weighted by molar-refractivity contribution is 5.90. The van der Waals surface area contributed by atoms with E-state index < -0.39 is 0 Å². The van der Waals surface area contributed by atoms with Crippen molar-refractivity contribution in [3.63, 3.8) is 0 Å². The highest BCUT2D eigenvalue weighted by Crippen LogP contribution is 2.40. The first kappa shape index (κ1) is 8.54. The molecule has 2 aliphatic carbocycles. The third kappa shape index (κ3) is 1.30. The Kier molecular flexibility index (Phi) is 1.98. The van der Waals surface area contributed by atoms with Gasteiger partial charge in [0.15, 0.2) is 0 Å². The molecule has 0 N–H and O–H groups in total. The van der Waals surface area contributed by atoms with E-state index in [2.05, 4.69) is 12.2 Å². The van der Waals surface area contributed by atoms with E-state index in [9.17, 15) is 4.79 Å². The Hall–Kier alpha value is -1.05. The van der Waals surface area contributed by atoms with Gasteiger partial charge in [-0.25, -0.2) is 4.79 Å². The van der Waals surface area contributed by atoms with Crippen LogP contribution < -0.4 is 0 Å². The molecule has 0 aliphatic heterocycles. The normalized spacial score (nSPS) is 30.9. The van der Waals surface area contributed by atoms with E-state index in [0.717, 1.165) is 18.4 Å². The molecule has 2 nitrogen and oxygen atoms in total. The molecule has 2 atom stereocenters. The number of carbonyl (C=O) groups excluding carboxylic acids is 1. The van der Waals surface area contributed by atoms with Crippen LogP contribution in [0.3, 0.4) is 0 Å². The quantitative estimate of drug-likeness (QED) is 0.454. The van der Waals surface area contributed by atoms with E-state index in [1.54, 1.807) is 0 Å². The van der Waals surface area contributed by atoms with Gasteiger partial charge in [0.25, 0.3) is 0 Å². The zero-order valence-electron chi connectivity index (χ0n) is 8.04. The van der Waals surface area contributed by atoms with Crippen molar-refractivity contribution in [2.24, 2.45) is 11.8 Å². The fourth-order valence-corrected chi connectivity index (χ4v) is 2.40. The molecule has 70 valence electrons. The molecular formula is C11H14O2. The summed E-state index contributed by atoms with van der Waals surface area (Å²) in [7, 11) is 1.45. The van der Waals surface area contributed by atoms with E-state index in [4.69, 9.17) is 4.74 Å². The largest absolute Gasteiger partial charge is 0.466 e. The summed E-state index contributed by atoms with van der Waals surface area (Å²) in [6.45, 7) is 2.04. The molecule has 2 unspecified atom stereocenters. The van der Waals surface area contributed by atoms with Gasteiger partial charge >= 0.3 is 5.97 Å². The van der Waals surface area contributed by atoms with Gasteiger partial charge in [-0.15, -0.1) is 0 Å². The van der Waals surface area contributed by atoms with Gasteiger partial charge in [-0.05, 0) is 25.7 Å². The number of hydrogen-bond donors (Lipinski definition) is 0. The molecule has 2 aliphatic rings. The first-order chi connectivity index (χ1) is 6.22. The van der Waals surface area contributed by atoms with Gasteiger partial charge in [0.2, 0.25) is 0 Å². The predicted octanol–water partition coefficient (Wildman–Crippen LogP) is 2.07. The molecular weight excluding hydrogens is 164 g/mol. The first-order valence-corrected chi connectivity index (χ1v) is 4.68. The number of rotatable bonds is 1. The summed E-state index contributed by atoms with van der Waals surface area (Å²) >= 11 is 0. The molecule has 0 fully saturated rings. The van der Waals surface area contributed by atoms with Gasteiger partial charge in [0, 0.05) is 11.5 Å². The number of methoxy groups -OCH3 is 1. The zero-order chi connectivity index (χ0) is 9.42. The molecule has 13 heavy (non-hydrogen) atoms.